The highest BCUT2D eigenvalue weighted by atomic mass is 19.4. The van der Waals surface area contributed by atoms with Gasteiger partial charge in [-0.05, 0) is 69.8 Å². The summed E-state index contributed by atoms with van der Waals surface area (Å²) in [6.07, 6.45) is -3.67. The van der Waals surface area contributed by atoms with Crippen LogP contribution < -0.4 is 14.8 Å². The van der Waals surface area contributed by atoms with Gasteiger partial charge in [-0.2, -0.15) is 13.2 Å². The first-order valence-electron chi connectivity index (χ1n) is 10.0. The third-order valence-corrected chi connectivity index (χ3v) is 5.99. The molecule has 1 aliphatic rings. The van der Waals surface area contributed by atoms with Crippen molar-refractivity contribution in [1.82, 2.24) is 10.2 Å². The van der Waals surface area contributed by atoms with Gasteiger partial charge in [0.05, 0.1) is 20.3 Å². The molecule has 1 saturated heterocycles. The molecule has 2 rings (SSSR count). The molecule has 2 atom stereocenters. The van der Waals surface area contributed by atoms with Crippen molar-refractivity contribution in [2.45, 2.75) is 50.9 Å². The zero-order valence-electron chi connectivity index (χ0n) is 17.9. The number of aliphatic hydroxyl groups is 1. The van der Waals surface area contributed by atoms with E-state index in [4.69, 9.17) is 9.47 Å². The average Bonchev–Trinajstić information content (AvgIpc) is 2.72. The van der Waals surface area contributed by atoms with Gasteiger partial charge in [0.1, 0.15) is 0 Å². The second-order valence-corrected chi connectivity index (χ2v) is 7.86. The molecule has 0 radical (unpaired) electrons. The lowest BCUT2D eigenvalue weighted by Gasteiger charge is -2.41. The molecule has 0 aliphatic carbocycles. The SMILES string of the molecule is COc1ccc(CCNC(=O)C(C)N2CCC(C(C)(O)C(F)(F)F)CC2)cc1OC. The summed E-state index contributed by atoms with van der Waals surface area (Å²) in [6.45, 7) is 3.67. The van der Waals surface area contributed by atoms with Crippen molar-refractivity contribution < 1.29 is 32.5 Å². The lowest BCUT2D eigenvalue weighted by molar-refractivity contribution is -0.276. The Balaban J connectivity index is 1.82. The van der Waals surface area contributed by atoms with Crippen LogP contribution in [0.2, 0.25) is 0 Å². The second kappa shape index (κ2) is 9.87. The first-order valence-corrected chi connectivity index (χ1v) is 10.0. The monoisotopic (exact) mass is 432 g/mol. The van der Waals surface area contributed by atoms with Crippen molar-refractivity contribution in [3.05, 3.63) is 23.8 Å². The van der Waals surface area contributed by atoms with Crippen molar-refractivity contribution in [2.75, 3.05) is 33.9 Å². The molecular formula is C21H31F3N2O4. The normalized spacial score (nSPS) is 19.1. The van der Waals surface area contributed by atoms with Gasteiger partial charge in [0.15, 0.2) is 17.1 Å². The maximum absolute atomic E-state index is 13.0. The van der Waals surface area contributed by atoms with Gasteiger partial charge in [0.2, 0.25) is 5.91 Å². The second-order valence-electron chi connectivity index (χ2n) is 7.86. The Kier molecular flexibility index (Phi) is 7.99. The summed E-state index contributed by atoms with van der Waals surface area (Å²) < 4.78 is 49.6. The molecule has 1 aromatic rings. The largest absolute Gasteiger partial charge is 0.493 e. The minimum absolute atomic E-state index is 0.170. The minimum Gasteiger partial charge on any atom is -0.493 e. The van der Waals surface area contributed by atoms with Gasteiger partial charge < -0.3 is 19.9 Å². The van der Waals surface area contributed by atoms with Gasteiger partial charge in [0.25, 0.3) is 0 Å². The number of ether oxygens (including phenoxy) is 2. The summed E-state index contributed by atoms with van der Waals surface area (Å²) in [5.74, 6) is 0.213. The number of methoxy groups -OCH3 is 2. The molecule has 2 N–H and O–H groups in total. The number of carbonyl (C=O) groups is 1. The third kappa shape index (κ3) is 5.57. The lowest BCUT2D eigenvalue weighted by Crippen LogP contribution is -2.55. The Bertz CT molecular complexity index is 717. The first-order chi connectivity index (χ1) is 14.0. The van der Waals surface area contributed by atoms with Gasteiger partial charge >= 0.3 is 6.18 Å². The number of alkyl halides is 3. The summed E-state index contributed by atoms with van der Waals surface area (Å²) >= 11 is 0. The third-order valence-electron chi connectivity index (χ3n) is 5.99. The maximum atomic E-state index is 13.0. The van der Waals surface area contributed by atoms with E-state index in [-0.39, 0.29) is 18.7 Å². The van der Waals surface area contributed by atoms with Crippen LogP contribution in [0.3, 0.4) is 0 Å². The lowest BCUT2D eigenvalue weighted by atomic mass is 9.81. The van der Waals surface area contributed by atoms with E-state index < -0.39 is 23.7 Å². The molecule has 1 fully saturated rings. The Morgan fingerprint density at radius 2 is 1.83 bits per heavy atom. The molecule has 1 aliphatic heterocycles. The zero-order chi connectivity index (χ0) is 22.5. The molecule has 1 aromatic carbocycles. The van der Waals surface area contributed by atoms with Crippen LogP contribution >= 0.6 is 0 Å². The Labute approximate surface area is 175 Å². The predicted octanol–water partition coefficient (Wildman–Crippen LogP) is 2.78. The quantitative estimate of drug-likeness (QED) is 0.661. The van der Waals surface area contributed by atoms with E-state index in [0.29, 0.717) is 37.6 Å². The van der Waals surface area contributed by atoms with E-state index in [0.717, 1.165) is 12.5 Å². The maximum Gasteiger partial charge on any atom is 0.417 e. The summed E-state index contributed by atoms with van der Waals surface area (Å²) in [4.78, 5) is 14.3. The van der Waals surface area contributed by atoms with Crippen LogP contribution in [-0.4, -0.2) is 67.6 Å². The highest BCUT2D eigenvalue weighted by molar-refractivity contribution is 5.81. The molecule has 9 heteroatoms. The van der Waals surface area contributed by atoms with Crippen molar-refractivity contribution in [3.8, 4) is 11.5 Å². The van der Waals surface area contributed by atoms with Gasteiger partial charge in [-0.15, -0.1) is 0 Å². The van der Waals surface area contributed by atoms with Crippen LogP contribution in [0.15, 0.2) is 18.2 Å². The molecule has 0 saturated carbocycles. The molecule has 0 spiro atoms. The molecule has 170 valence electrons. The number of halogens is 3. The van der Waals surface area contributed by atoms with E-state index in [1.165, 1.54) is 0 Å². The van der Waals surface area contributed by atoms with Gasteiger partial charge in [0, 0.05) is 6.54 Å². The number of carbonyl (C=O) groups excluding carboxylic acids is 1. The summed E-state index contributed by atoms with van der Waals surface area (Å²) in [5, 5.41) is 12.7. The van der Waals surface area contributed by atoms with Crippen molar-refractivity contribution in [3.63, 3.8) is 0 Å². The molecule has 2 unspecified atom stereocenters. The number of piperidine rings is 1. The molecule has 1 amide bonds. The van der Waals surface area contributed by atoms with E-state index >= 15 is 0 Å². The highest BCUT2D eigenvalue weighted by Crippen LogP contribution is 2.40. The number of benzene rings is 1. The number of amides is 1. The molecule has 0 aromatic heterocycles. The Morgan fingerprint density at radius 1 is 1.23 bits per heavy atom. The van der Waals surface area contributed by atoms with E-state index in [1.54, 1.807) is 27.2 Å². The van der Waals surface area contributed by atoms with E-state index in [2.05, 4.69) is 5.32 Å². The van der Waals surface area contributed by atoms with Crippen LogP contribution in [-0.2, 0) is 11.2 Å². The minimum atomic E-state index is -4.66. The van der Waals surface area contributed by atoms with Crippen molar-refractivity contribution in [1.29, 1.82) is 0 Å². The molecule has 1 heterocycles. The number of nitrogens with one attached hydrogen (secondary N) is 1. The summed E-state index contributed by atoms with van der Waals surface area (Å²) in [6, 6.07) is 5.10. The highest BCUT2D eigenvalue weighted by Gasteiger charge is 2.55. The van der Waals surface area contributed by atoms with Crippen LogP contribution in [0.4, 0.5) is 13.2 Å². The fourth-order valence-corrected chi connectivity index (χ4v) is 3.76. The predicted molar refractivity (Wildman–Crippen MR) is 107 cm³/mol. The first kappa shape index (κ1) is 24.3. The number of hydrogen-bond donors (Lipinski definition) is 2. The number of likely N-dealkylation sites (tertiary alicyclic amines) is 1. The van der Waals surface area contributed by atoms with E-state index in [1.807, 2.05) is 17.0 Å². The fraction of sp³-hybridized carbons (Fsp3) is 0.667. The van der Waals surface area contributed by atoms with Crippen LogP contribution in [0, 0.1) is 5.92 Å². The molecular weight excluding hydrogens is 401 g/mol. The smallest absolute Gasteiger partial charge is 0.417 e. The van der Waals surface area contributed by atoms with Gasteiger partial charge in [-0.25, -0.2) is 0 Å². The molecule has 0 bridgehead atoms. The standard InChI is InChI=1S/C21H31F3N2O4/c1-14(26-11-8-16(9-12-26)20(2,28)21(22,23)24)19(27)25-10-7-15-5-6-17(29-3)18(13-15)30-4/h5-6,13-14,16,28H,7-12H2,1-4H3,(H,25,27). The fourth-order valence-electron chi connectivity index (χ4n) is 3.76. The number of nitrogens with zero attached hydrogens (tertiary/aromatic N) is 1. The van der Waals surface area contributed by atoms with Crippen LogP contribution in [0.25, 0.3) is 0 Å². The van der Waals surface area contributed by atoms with Crippen LogP contribution in [0.1, 0.15) is 32.3 Å². The van der Waals surface area contributed by atoms with Crippen LogP contribution in [0.5, 0.6) is 11.5 Å². The number of hydrogen-bond acceptors (Lipinski definition) is 5. The van der Waals surface area contributed by atoms with E-state index in [9.17, 15) is 23.1 Å². The Morgan fingerprint density at radius 3 is 2.37 bits per heavy atom. The average molecular weight is 432 g/mol. The number of rotatable bonds is 8. The van der Waals surface area contributed by atoms with Gasteiger partial charge in [-0.1, -0.05) is 6.07 Å². The van der Waals surface area contributed by atoms with Gasteiger partial charge in [-0.3, -0.25) is 9.69 Å². The Hall–Kier alpha value is -2.00. The summed E-state index contributed by atoms with van der Waals surface area (Å²) in [5.41, 5.74) is -1.72. The van der Waals surface area contributed by atoms with Crippen molar-refractivity contribution >= 4 is 5.91 Å². The summed E-state index contributed by atoms with van der Waals surface area (Å²) in [7, 11) is 3.12. The topological polar surface area (TPSA) is 71.0 Å². The van der Waals surface area contributed by atoms with Crippen molar-refractivity contribution in [2.24, 2.45) is 5.92 Å². The zero-order valence-corrected chi connectivity index (χ0v) is 17.9. The molecule has 6 nitrogen and oxygen atoms in total. The molecule has 30 heavy (non-hydrogen) atoms.